The zero-order valence-electron chi connectivity index (χ0n) is 15.3. The first-order valence-electron chi connectivity index (χ1n) is 8.63. The van der Waals surface area contributed by atoms with Gasteiger partial charge in [0.25, 0.3) is 0 Å². The molecule has 0 fully saturated rings. The Morgan fingerprint density at radius 3 is 2.46 bits per heavy atom. The van der Waals surface area contributed by atoms with E-state index in [-0.39, 0.29) is 5.69 Å². The fourth-order valence-electron chi connectivity index (χ4n) is 3.20. The molecule has 0 saturated heterocycles. The van der Waals surface area contributed by atoms with E-state index in [1.54, 1.807) is 30.9 Å². The third-order valence-corrected chi connectivity index (χ3v) is 4.97. The van der Waals surface area contributed by atoms with Crippen molar-refractivity contribution in [2.24, 2.45) is 0 Å². The number of fused-ring (bicyclic) bond motifs is 1. The van der Waals surface area contributed by atoms with Crippen molar-refractivity contribution in [3.63, 3.8) is 0 Å². The number of benzene rings is 2. The monoisotopic (exact) mass is 397 g/mol. The fraction of sp³-hybridized carbons (Fsp3) is 0.350. The van der Waals surface area contributed by atoms with Gasteiger partial charge in [0.1, 0.15) is 11.6 Å². The quantitative estimate of drug-likeness (QED) is 0.763. The van der Waals surface area contributed by atoms with E-state index >= 15 is 0 Å². The largest absolute Gasteiger partial charge is 0.573 e. The smallest absolute Gasteiger partial charge is 0.481 e. The van der Waals surface area contributed by atoms with Gasteiger partial charge in [0.2, 0.25) is 0 Å². The molecule has 4 nitrogen and oxygen atoms in total. The van der Waals surface area contributed by atoms with Crippen molar-refractivity contribution >= 4 is 11.7 Å². The third-order valence-electron chi connectivity index (χ3n) is 4.97. The minimum Gasteiger partial charge on any atom is -0.481 e. The molecule has 2 aromatic rings. The van der Waals surface area contributed by atoms with Crippen molar-refractivity contribution in [2.45, 2.75) is 38.6 Å². The predicted molar refractivity (Wildman–Crippen MR) is 94.9 cm³/mol. The molecule has 0 bridgehead atoms. The van der Waals surface area contributed by atoms with Crippen molar-refractivity contribution in [1.82, 2.24) is 0 Å². The van der Waals surface area contributed by atoms with Crippen LogP contribution in [0.25, 0.3) is 0 Å². The summed E-state index contributed by atoms with van der Waals surface area (Å²) in [6.45, 7) is 3.92. The summed E-state index contributed by atoms with van der Waals surface area (Å²) in [4.78, 5) is 13.1. The van der Waals surface area contributed by atoms with Gasteiger partial charge in [-0.3, -0.25) is 4.79 Å². The summed E-state index contributed by atoms with van der Waals surface area (Å²) in [6.07, 6.45) is -4.33. The Morgan fingerprint density at radius 2 is 1.82 bits per heavy atom. The molecule has 0 spiro atoms. The van der Waals surface area contributed by atoms with Crippen molar-refractivity contribution in [3.05, 3.63) is 58.9 Å². The van der Waals surface area contributed by atoms with Gasteiger partial charge in [0, 0.05) is 19.2 Å². The van der Waals surface area contributed by atoms with Gasteiger partial charge in [0.15, 0.2) is 0 Å². The summed E-state index contributed by atoms with van der Waals surface area (Å²) in [5, 5.41) is 9.38. The molecular formula is C20H19F4NO3. The summed E-state index contributed by atoms with van der Waals surface area (Å²) < 4.78 is 55.4. The van der Waals surface area contributed by atoms with Gasteiger partial charge < -0.3 is 14.7 Å². The van der Waals surface area contributed by atoms with E-state index in [1.807, 2.05) is 6.07 Å². The lowest BCUT2D eigenvalue weighted by Gasteiger charge is -2.32. The number of rotatable bonds is 4. The molecule has 0 amide bonds. The Kier molecular flexibility index (Phi) is 4.99. The summed E-state index contributed by atoms with van der Waals surface area (Å²) in [6, 6.07) is 8.26. The fourth-order valence-corrected chi connectivity index (χ4v) is 3.20. The summed E-state index contributed by atoms with van der Waals surface area (Å²) >= 11 is 0. The number of carboxylic acid groups (broad SMARTS) is 1. The molecular weight excluding hydrogens is 378 g/mol. The van der Waals surface area contributed by atoms with Crippen LogP contribution in [0.15, 0.2) is 36.4 Å². The number of aliphatic carboxylic acids is 1. The minimum atomic E-state index is -4.85. The molecule has 150 valence electrons. The van der Waals surface area contributed by atoms with E-state index in [0.717, 1.165) is 29.3 Å². The van der Waals surface area contributed by atoms with Crippen molar-refractivity contribution in [3.8, 4) is 5.75 Å². The van der Waals surface area contributed by atoms with Gasteiger partial charge in [-0.15, -0.1) is 13.2 Å². The number of nitrogens with zero attached hydrogens (tertiary/aromatic N) is 1. The van der Waals surface area contributed by atoms with Gasteiger partial charge in [-0.2, -0.15) is 0 Å². The second kappa shape index (κ2) is 7.00. The van der Waals surface area contributed by atoms with E-state index in [2.05, 4.69) is 4.74 Å². The Labute approximate surface area is 159 Å². The van der Waals surface area contributed by atoms with E-state index in [1.165, 1.54) is 0 Å². The van der Waals surface area contributed by atoms with E-state index in [0.29, 0.717) is 25.1 Å². The van der Waals surface area contributed by atoms with Gasteiger partial charge in [-0.05, 0) is 49.1 Å². The Balaban J connectivity index is 1.86. The van der Waals surface area contributed by atoms with Crippen LogP contribution < -0.4 is 9.64 Å². The summed E-state index contributed by atoms with van der Waals surface area (Å²) in [7, 11) is 0. The lowest BCUT2D eigenvalue weighted by atomic mass is 9.82. The average molecular weight is 397 g/mol. The Bertz CT molecular complexity index is 909. The van der Waals surface area contributed by atoms with Crippen LogP contribution in [0, 0.1) is 5.82 Å². The maximum absolute atomic E-state index is 14.2. The van der Waals surface area contributed by atoms with E-state index < -0.39 is 29.3 Å². The number of anilines is 1. The number of hydrogen-bond acceptors (Lipinski definition) is 3. The van der Waals surface area contributed by atoms with Crippen molar-refractivity contribution in [2.75, 3.05) is 11.4 Å². The standard InChI is InChI=1S/C20H19F4NO3/c1-19(2,18(26)27)14-4-3-13-11-25(8-7-12(13)9-14)17-10-15(5-6-16(17)21)28-20(22,23)24/h3-6,9-10H,7-8,11H2,1-2H3,(H,26,27). The number of halogens is 4. The Morgan fingerprint density at radius 1 is 1.11 bits per heavy atom. The van der Waals surface area contributed by atoms with Gasteiger partial charge in [-0.1, -0.05) is 18.2 Å². The molecule has 2 aromatic carbocycles. The first kappa shape index (κ1) is 20.0. The molecule has 1 N–H and O–H groups in total. The molecule has 1 heterocycles. The summed E-state index contributed by atoms with van der Waals surface area (Å²) in [5.74, 6) is -2.05. The zero-order valence-corrected chi connectivity index (χ0v) is 15.3. The van der Waals surface area contributed by atoms with Crippen LogP contribution in [-0.4, -0.2) is 24.0 Å². The number of alkyl halides is 3. The number of carbonyl (C=O) groups is 1. The molecule has 0 aromatic heterocycles. The highest BCUT2D eigenvalue weighted by atomic mass is 19.4. The molecule has 0 radical (unpaired) electrons. The Hall–Kier alpha value is -2.77. The normalized spacial score (nSPS) is 14.6. The van der Waals surface area contributed by atoms with Crippen LogP contribution in [0.3, 0.4) is 0 Å². The van der Waals surface area contributed by atoms with Crippen LogP contribution >= 0.6 is 0 Å². The van der Waals surface area contributed by atoms with Crippen LogP contribution in [0.4, 0.5) is 23.2 Å². The molecule has 8 heteroatoms. The average Bonchev–Trinajstić information content (AvgIpc) is 2.61. The number of carboxylic acids is 1. The van der Waals surface area contributed by atoms with Crippen molar-refractivity contribution in [1.29, 1.82) is 0 Å². The lowest BCUT2D eigenvalue weighted by molar-refractivity contribution is -0.274. The zero-order chi connectivity index (χ0) is 20.7. The molecule has 0 unspecified atom stereocenters. The highest BCUT2D eigenvalue weighted by molar-refractivity contribution is 5.80. The first-order valence-corrected chi connectivity index (χ1v) is 8.63. The molecule has 1 aliphatic rings. The molecule has 1 aliphatic heterocycles. The van der Waals surface area contributed by atoms with Crippen LogP contribution in [-0.2, 0) is 23.2 Å². The maximum Gasteiger partial charge on any atom is 0.573 e. The highest BCUT2D eigenvalue weighted by Gasteiger charge is 2.32. The van der Waals surface area contributed by atoms with Gasteiger partial charge in [-0.25, -0.2) is 4.39 Å². The van der Waals surface area contributed by atoms with Crippen LogP contribution in [0.2, 0.25) is 0 Å². The molecule has 0 atom stereocenters. The van der Waals surface area contributed by atoms with E-state index in [4.69, 9.17) is 0 Å². The van der Waals surface area contributed by atoms with E-state index in [9.17, 15) is 27.5 Å². The van der Waals surface area contributed by atoms with Crippen LogP contribution in [0.1, 0.15) is 30.5 Å². The molecule has 0 saturated carbocycles. The highest BCUT2D eigenvalue weighted by Crippen LogP contribution is 2.33. The third kappa shape index (κ3) is 4.05. The predicted octanol–water partition coefficient (Wildman–Crippen LogP) is 4.65. The topological polar surface area (TPSA) is 49.8 Å². The maximum atomic E-state index is 14.2. The molecule has 3 rings (SSSR count). The number of ether oxygens (including phenoxy) is 1. The minimum absolute atomic E-state index is 0.0299. The van der Waals surface area contributed by atoms with Gasteiger partial charge >= 0.3 is 12.3 Å². The number of hydrogen-bond donors (Lipinski definition) is 1. The second-order valence-electron chi connectivity index (χ2n) is 7.25. The second-order valence-corrected chi connectivity index (χ2v) is 7.25. The van der Waals surface area contributed by atoms with Gasteiger partial charge in [0.05, 0.1) is 11.1 Å². The molecule has 28 heavy (non-hydrogen) atoms. The first-order chi connectivity index (χ1) is 13.0. The lowest BCUT2D eigenvalue weighted by Crippen LogP contribution is -2.32. The van der Waals surface area contributed by atoms with Crippen molar-refractivity contribution < 1.29 is 32.2 Å². The van der Waals surface area contributed by atoms with Crippen LogP contribution in [0.5, 0.6) is 5.75 Å². The SMILES string of the molecule is CC(C)(C(=O)O)c1ccc2c(c1)CCN(c1cc(OC(F)(F)F)ccc1F)C2. The summed E-state index contributed by atoms with van der Waals surface area (Å²) in [5.41, 5.74) is 1.48. The molecule has 0 aliphatic carbocycles.